The first-order valence-electron chi connectivity index (χ1n) is 16.5. The zero-order valence-corrected chi connectivity index (χ0v) is 27.2. The molecule has 0 radical (unpaired) electrons. The lowest BCUT2D eigenvalue weighted by Crippen LogP contribution is -2.09. The van der Waals surface area contributed by atoms with Gasteiger partial charge in [-0.3, -0.25) is 0 Å². The molecule has 0 unspecified atom stereocenters. The summed E-state index contributed by atoms with van der Waals surface area (Å²) in [5, 5.41) is 0. The molecule has 7 aromatic carbocycles. The molecule has 0 aliphatic heterocycles. The van der Waals surface area contributed by atoms with Crippen LogP contribution in [-0.2, 0) is 0 Å². The Morgan fingerprint density at radius 1 is 0.327 bits per heavy atom. The summed E-state index contributed by atoms with van der Waals surface area (Å²) in [6.07, 6.45) is 0. The number of nitrogens with zero attached hydrogens (tertiary/aromatic N) is 4. The van der Waals surface area contributed by atoms with Gasteiger partial charge in [0.1, 0.15) is 0 Å². The van der Waals surface area contributed by atoms with E-state index in [2.05, 4.69) is 168 Å². The van der Waals surface area contributed by atoms with Gasteiger partial charge in [-0.25, -0.2) is 9.97 Å². The van der Waals surface area contributed by atoms with Gasteiger partial charge < -0.3 is 9.80 Å². The second-order valence-electron chi connectivity index (χ2n) is 12.0. The van der Waals surface area contributed by atoms with Crippen molar-refractivity contribution in [1.29, 1.82) is 0 Å². The number of anilines is 6. The number of hydrogen-bond acceptors (Lipinski definition) is 4. The molecule has 0 atom stereocenters. The van der Waals surface area contributed by atoms with Crippen molar-refractivity contribution in [2.24, 2.45) is 0 Å². The first-order chi connectivity index (χ1) is 24.2. The third kappa shape index (κ3) is 6.04. The number of benzene rings is 7. The zero-order chi connectivity index (χ0) is 33.0. The maximum Gasteiger partial charge on any atom is 0.0973 e. The van der Waals surface area contributed by atoms with Gasteiger partial charge in [-0.15, -0.1) is 0 Å². The van der Waals surface area contributed by atoms with Crippen LogP contribution in [-0.4, -0.2) is 9.97 Å². The molecule has 0 aliphatic carbocycles. The van der Waals surface area contributed by atoms with Crippen molar-refractivity contribution in [1.82, 2.24) is 9.97 Å². The summed E-state index contributed by atoms with van der Waals surface area (Å²) in [5.74, 6) is 0. The van der Waals surface area contributed by atoms with Crippen molar-refractivity contribution in [3.63, 3.8) is 0 Å². The Morgan fingerprint density at radius 2 is 0.673 bits per heavy atom. The Balaban J connectivity index is 1.22. The van der Waals surface area contributed by atoms with Crippen LogP contribution in [0.25, 0.3) is 33.5 Å². The number of fused-ring (bicyclic) bond motifs is 1. The average Bonchev–Trinajstić information content (AvgIpc) is 3.17. The topological polar surface area (TPSA) is 32.3 Å². The molecule has 8 rings (SSSR count). The van der Waals surface area contributed by atoms with Crippen molar-refractivity contribution in [2.75, 3.05) is 9.80 Å². The minimum absolute atomic E-state index is 0.853. The fourth-order valence-electron chi connectivity index (χ4n) is 6.36. The summed E-state index contributed by atoms with van der Waals surface area (Å²) in [5.41, 5.74) is 13.2. The molecule has 0 saturated heterocycles. The summed E-state index contributed by atoms with van der Waals surface area (Å²) in [7, 11) is 0. The van der Waals surface area contributed by atoms with Crippen LogP contribution < -0.4 is 9.80 Å². The molecule has 0 aliphatic rings. The number of aromatic nitrogens is 2. The van der Waals surface area contributed by atoms with E-state index in [0.717, 1.165) is 73.2 Å². The molecule has 0 spiro atoms. The van der Waals surface area contributed by atoms with Crippen LogP contribution in [0.5, 0.6) is 0 Å². The second-order valence-corrected chi connectivity index (χ2v) is 12.0. The van der Waals surface area contributed by atoms with Gasteiger partial charge in [0.05, 0.1) is 22.4 Å². The molecule has 4 nitrogen and oxygen atoms in total. The highest BCUT2D eigenvalue weighted by Gasteiger charge is 2.18. The van der Waals surface area contributed by atoms with Crippen LogP contribution >= 0.6 is 0 Å². The summed E-state index contributed by atoms with van der Waals surface area (Å²) < 4.78 is 0. The van der Waals surface area contributed by atoms with Gasteiger partial charge in [0.15, 0.2) is 0 Å². The molecule has 1 aromatic heterocycles. The lowest BCUT2D eigenvalue weighted by atomic mass is 10.0. The van der Waals surface area contributed by atoms with Crippen molar-refractivity contribution in [3.8, 4) is 22.5 Å². The maximum absolute atomic E-state index is 5.28. The second kappa shape index (κ2) is 13.3. The van der Waals surface area contributed by atoms with Crippen LogP contribution in [0.3, 0.4) is 0 Å². The van der Waals surface area contributed by atoms with Crippen LogP contribution in [0.1, 0.15) is 5.56 Å². The largest absolute Gasteiger partial charge is 0.311 e. The van der Waals surface area contributed by atoms with E-state index in [0.29, 0.717) is 0 Å². The monoisotopic (exact) mass is 630 g/mol. The molecule has 234 valence electrons. The Labute approximate surface area is 287 Å². The lowest BCUT2D eigenvalue weighted by molar-refractivity contribution is 1.26. The van der Waals surface area contributed by atoms with Gasteiger partial charge >= 0.3 is 0 Å². The fourth-order valence-corrected chi connectivity index (χ4v) is 6.36. The Morgan fingerprint density at radius 3 is 1.06 bits per heavy atom. The molecular weight excluding hydrogens is 597 g/mol. The molecule has 0 amide bonds. The van der Waals surface area contributed by atoms with Crippen LogP contribution in [0.15, 0.2) is 188 Å². The van der Waals surface area contributed by atoms with E-state index in [1.165, 1.54) is 0 Å². The normalized spacial score (nSPS) is 11.0. The molecular formula is C45H34N4. The number of para-hydroxylation sites is 5. The summed E-state index contributed by atoms with van der Waals surface area (Å²) in [6, 6.07) is 65.4. The van der Waals surface area contributed by atoms with Crippen LogP contribution in [0, 0.1) is 6.92 Å². The standard InChI is InChI=1S/C45H34N4/c1-33-15-14-24-42-43(33)47-45(35-27-31-41(32-28-35)49(38-20-10-4-11-21-38)39-22-12-5-13-23-39)44(46-42)34-25-29-40(30-26-34)48(36-16-6-2-7-17-36)37-18-8-3-9-19-37/h2-32H,1H3. The first kappa shape index (κ1) is 29.9. The smallest absolute Gasteiger partial charge is 0.0973 e. The summed E-state index contributed by atoms with van der Waals surface area (Å²) >= 11 is 0. The highest BCUT2D eigenvalue weighted by atomic mass is 15.1. The molecule has 0 N–H and O–H groups in total. The third-order valence-corrected chi connectivity index (χ3v) is 8.75. The van der Waals surface area contributed by atoms with E-state index in [-0.39, 0.29) is 0 Å². The predicted octanol–water partition coefficient (Wildman–Crippen LogP) is 12.2. The highest BCUT2D eigenvalue weighted by molar-refractivity contribution is 5.89. The fraction of sp³-hybridized carbons (Fsp3) is 0.0222. The zero-order valence-electron chi connectivity index (χ0n) is 27.2. The van der Waals surface area contributed by atoms with Crippen LogP contribution in [0.2, 0.25) is 0 Å². The van der Waals surface area contributed by atoms with E-state index >= 15 is 0 Å². The quantitative estimate of drug-likeness (QED) is 0.167. The maximum atomic E-state index is 5.28. The minimum Gasteiger partial charge on any atom is -0.311 e. The predicted molar refractivity (Wildman–Crippen MR) is 205 cm³/mol. The van der Waals surface area contributed by atoms with Crippen molar-refractivity contribution >= 4 is 45.2 Å². The van der Waals surface area contributed by atoms with E-state index in [1.807, 2.05) is 36.4 Å². The van der Waals surface area contributed by atoms with E-state index in [4.69, 9.17) is 9.97 Å². The molecule has 1 heterocycles. The average molecular weight is 631 g/mol. The van der Waals surface area contributed by atoms with Gasteiger partial charge in [-0.1, -0.05) is 109 Å². The molecule has 0 bridgehead atoms. The van der Waals surface area contributed by atoms with E-state index < -0.39 is 0 Å². The molecule has 8 aromatic rings. The Bertz CT molecular complexity index is 2230. The summed E-state index contributed by atoms with van der Waals surface area (Å²) in [4.78, 5) is 15.1. The Hall–Kier alpha value is -6.52. The minimum atomic E-state index is 0.853. The summed E-state index contributed by atoms with van der Waals surface area (Å²) in [6.45, 7) is 2.09. The number of hydrogen-bond donors (Lipinski definition) is 0. The van der Waals surface area contributed by atoms with E-state index in [9.17, 15) is 0 Å². The SMILES string of the molecule is Cc1cccc2nc(-c3ccc(N(c4ccccc4)c4ccccc4)cc3)c(-c3ccc(N(c4ccccc4)c4ccccc4)cc3)nc12. The van der Waals surface area contributed by atoms with Crippen molar-refractivity contribution < 1.29 is 0 Å². The van der Waals surface area contributed by atoms with Crippen molar-refractivity contribution in [2.45, 2.75) is 6.92 Å². The van der Waals surface area contributed by atoms with Gasteiger partial charge in [0.2, 0.25) is 0 Å². The number of aryl methyl sites for hydroxylation is 1. The highest BCUT2D eigenvalue weighted by Crippen LogP contribution is 2.39. The van der Waals surface area contributed by atoms with Gasteiger partial charge in [0, 0.05) is 45.3 Å². The van der Waals surface area contributed by atoms with Crippen LogP contribution in [0.4, 0.5) is 34.1 Å². The molecule has 49 heavy (non-hydrogen) atoms. The van der Waals surface area contributed by atoms with Gasteiger partial charge in [-0.05, 0) is 91.3 Å². The van der Waals surface area contributed by atoms with Gasteiger partial charge in [0.25, 0.3) is 0 Å². The Kier molecular flexibility index (Phi) is 8.11. The van der Waals surface area contributed by atoms with Crippen molar-refractivity contribution in [3.05, 3.63) is 194 Å². The molecule has 0 saturated carbocycles. The molecule has 0 fully saturated rings. The number of rotatable bonds is 8. The van der Waals surface area contributed by atoms with E-state index in [1.54, 1.807) is 0 Å². The lowest BCUT2D eigenvalue weighted by Gasteiger charge is -2.26. The third-order valence-electron chi connectivity index (χ3n) is 8.75. The molecule has 4 heteroatoms. The van der Waals surface area contributed by atoms with Gasteiger partial charge in [-0.2, -0.15) is 0 Å². The first-order valence-corrected chi connectivity index (χ1v) is 16.5.